The third kappa shape index (κ3) is 9.05. The van der Waals surface area contributed by atoms with Crippen molar-refractivity contribution >= 4 is 22.1 Å². The third-order valence-corrected chi connectivity index (χ3v) is 6.47. The number of likely N-dealkylation sites (tertiary alicyclic amines) is 1. The Balaban J connectivity index is 1.75. The zero-order valence-corrected chi connectivity index (χ0v) is 19.0. The molecule has 0 aromatic carbocycles. The highest BCUT2D eigenvalue weighted by atomic mass is 32.2. The summed E-state index contributed by atoms with van der Waals surface area (Å²) in [6.45, 7) is 7.24. The third-order valence-electron chi connectivity index (χ3n) is 5.14. The van der Waals surface area contributed by atoms with Gasteiger partial charge in [0.1, 0.15) is 0 Å². The van der Waals surface area contributed by atoms with Crippen molar-refractivity contribution in [3.63, 3.8) is 0 Å². The second-order valence-electron chi connectivity index (χ2n) is 7.52. The number of sulfonamides is 1. The van der Waals surface area contributed by atoms with E-state index < -0.39 is 10.0 Å². The van der Waals surface area contributed by atoms with Gasteiger partial charge in [-0.1, -0.05) is 0 Å². The molecule has 30 heavy (non-hydrogen) atoms. The lowest BCUT2D eigenvalue weighted by Crippen LogP contribution is -2.50. The van der Waals surface area contributed by atoms with Crippen LogP contribution in [0.25, 0.3) is 0 Å². The van der Waals surface area contributed by atoms with E-state index in [4.69, 9.17) is 9.47 Å². The van der Waals surface area contributed by atoms with Crippen LogP contribution in [0.15, 0.2) is 4.99 Å². The van der Waals surface area contributed by atoms with Crippen LogP contribution < -0.4 is 15.4 Å². The molecular formula is C19H37N5O5S. The standard InChI is InChI=1S/C19H37N5O5S/c1-3-20-18(23-16-8-11-24(12-9-16)19(25)28-4-2)21-10-14-30(26,27)22-15-17-7-5-6-13-29-17/h16-17,22H,3-15H2,1-2H3,(H2,20,21,23). The van der Waals surface area contributed by atoms with Gasteiger partial charge < -0.3 is 25.0 Å². The minimum absolute atomic E-state index is 0.0310. The number of aliphatic imine (C=N–C) groups is 1. The fourth-order valence-corrected chi connectivity index (χ4v) is 4.39. The van der Waals surface area contributed by atoms with E-state index in [0.717, 1.165) is 32.1 Å². The molecule has 0 aromatic rings. The number of ether oxygens (including phenoxy) is 2. The predicted octanol–water partition coefficient (Wildman–Crippen LogP) is 0.651. The molecular weight excluding hydrogens is 410 g/mol. The summed E-state index contributed by atoms with van der Waals surface area (Å²) >= 11 is 0. The zero-order valence-electron chi connectivity index (χ0n) is 18.2. The number of nitrogens with one attached hydrogen (secondary N) is 3. The lowest BCUT2D eigenvalue weighted by molar-refractivity contribution is 0.0200. The van der Waals surface area contributed by atoms with Gasteiger partial charge in [-0.25, -0.2) is 17.9 Å². The smallest absolute Gasteiger partial charge is 0.409 e. The highest BCUT2D eigenvalue weighted by molar-refractivity contribution is 7.89. The van der Waals surface area contributed by atoms with Gasteiger partial charge in [-0.2, -0.15) is 0 Å². The van der Waals surface area contributed by atoms with E-state index in [2.05, 4.69) is 20.3 Å². The van der Waals surface area contributed by atoms with Gasteiger partial charge in [0, 0.05) is 38.8 Å². The van der Waals surface area contributed by atoms with E-state index in [0.29, 0.717) is 45.4 Å². The molecule has 0 radical (unpaired) electrons. The normalized spacial score (nSPS) is 21.3. The number of carbonyl (C=O) groups is 1. The second-order valence-corrected chi connectivity index (χ2v) is 9.45. The number of nitrogens with zero attached hydrogens (tertiary/aromatic N) is 2. The molecule has 0 bridgehead atoms. The van der Waals surface area contributed by atoms with E-state index in [-0.39, 0.29) is 30.5 Å². The van der Waals surface area contributed by atoms with Crippen molar-refractivity contribution in [3.8, 4) is 0 Å². The van der Waals surface area contributed by atoms with Crippen LogP contribution in [0.2, 0.25) is 0 Å². The Morgan fingerprint density at radius 1 is 1.20 bits per heavy atom. The highest BCUT2D eigenvalue weighted by Gasteiger charge is 2.24. The van der Waals surface area contributed by atoms with Gasteiger partial charge in [0.15, 0.2) is 5.96 Å². The van der Waals surface area contributed by atoms with E-state index in [1.165, 1.54) is 0 Å². The van der Waals surface area contributed by atoms with Crippen LogP contribution >= 0.6 is 0 Å². The Labute approximate surface area is 180 Å². The van der Waals surface area contributed by atoms with Crippen molar-refractivity contribution in [2.75, 3.05) is 51.7 Å². The van der Waals surface area contributed by atoms with E-state index in [1.54, 1.807) is 11.8 Å². The van der Waals surface area contributed by atoms with Crippen molar-refractivity contribution < 1.29 is 22.7 Å². The fraction of sp³-hybridized carbons (Fsp3) is 0.895. The Bertz CT molecular complexity index is 644. The first-order chi connectivity index (χ1) is 14.4. The summed E-state index contributed by atoms with van der Waals surface area (Å²) in [5.41, 5.74) is 0. The number of rotatable bonds is 9. The Morgan fingerprint density at radius 2 is 1.97 bits per heavy atom. The predicted molar refractivity (Wildman–Crippen MR) is 116 cm³/mol. The van der Waals surface area contributed by atoms with E-state index in [9.17, 15) is 13.2 Å². The Morgan fingerprint density at radius 3 is 2.60 bits per heavy atom. The largest absolute Gasteiger partial charge is 0.450 e. The lowest BCUT2D eigenvalue weighted by Gasteiger charge is -2.32. The van der Waals surface area contributed by atoms with Crippen LogP contribution in [0.5, 0.6) is 0 Å². The molecule has 1 atom stereocenters. The summed E-state index contributed by atoms with van der Waals surface area (Å²) in [7, 11) is -3.40. The van der Waals surface area contributed by atoms with Gasteiger partial charge in [0.25, 0.3) is 0 Å². The first-order valence-corrected chi connectivity index (χ1v) is 12.6. The summed E-state index contributed by atoms with van der Waals surface area (Å²) in [6, 6.07) is 0.173. The minimum Gasteiger partial charge on any atom is -0.450 e. The van der Waals surface area contributed by atoms with Gasteiger partial charge in [0.05, 0.1) is 25.0 Å². The summed E-state index contributed by atoms with van der Waals surface area (Å²) in [5.74, 6) is 0.523. The molecule has 174 valence electrons. The molecule has 2 rings (SSSR count). The minimum atomic E-state index is -3.40. The maximum atomic E-state index is 12.2. The first kappa shape index (κ1) is 24.7. The van der Waals surface area contributed by atoms with Crippen LogP contribution in [-0.4, -0.2) is 89.2 Å². The van der Waals surface area contributed by atoms with Gasteiger partial charge in [-0.3, -0.25) is 4.99 Å². The number of hydrogen-bond acceptors (Lipinski definition) is 6. The Kier molecular flexibility index (Phi) is 10.7. The molecule has 2 fully saturated rings. The van der Waals surface area contributed by atoms with Crippen molar-refractivity contribution in [2.45, 2.75) is 58.1 Å². The van der Waals surface area contributed by atoms with Crippen LogP contribution in [0.1, 0.15) is 46.0 Å². The van der Waals surface area contributed by atoms with Crippen molar-refractivity contribution in [3.05, 3.63) is 0 Å². The van der Waals surface area contributed by atoms with E-state index in [1.807, 2.05) is 6.92 Å². The molecule has 2 saturated heterocycles. The van der Waals surface area contributed by atoms with Gasteiger partial charge in [-0.15, -0.1) is 0 Å². The Hall–Kier alpha value is -1.59. The van der Waals surface area contributed by atoms with E-state index >= 15 is 0 Å². The monoisotopic (exact) mass is 447 g/mol. The number of amides is 1. The summed E-state index contributed by atoms with van der Waals surface area (Å²) < 4.78 is 37.7. The van der Waals surface area contributed by atoms with Crippen molar-refractivity contribution in [1.29, 1.82) is 0 Å². The molecule has 0 saturated carbocycles. The molecule has 1 unspecified atom stereocenters. The molecule has 0 aliphatic carbocycles. The SMILES string of the molecule is CCNC(=NCCS(=O)(=O)NCC1CCCCO1)NC1CCN(C(=O)OCC)CC1. The maximum absolute atomic E-state index is 12.2. The van der Waals surface area contributed by atoms with Crippen LogP contribution in [0.4, 0.5) is 4.79 Å². The molecule has 0 spiro atoms. The lowest BCUT2D eigenvalue weighted by atomic mass is 10.1. The van der Waals surface area contributed by atoms with Crippen LogP contribution in [-0.2, 0) is 19.5 Å². The molecule has 2 heterocycles. The molecule has 1 amide bonds. The van der Waals surface area contributed by atoms with Crippen molar-refractivity contribution in [2.24, 2.45) is 4.99 Å². The number of hydrogen-bond donors (Lipinski definition) is 3. The summed E-state index contributed by atoms with van der Waals surface area (Å²) in [4.78, 5) is 17.9. The number of piperidine rings is 1. The maximum Gasteiger partial charge on any atom is 0.409 e. The summed E-state index contributed by atoms with van der Waals surface area (Å²) in [6.07, 6.45) is 4.27. The molecule has 2 aliphatic heterocycles. The average molecular weight is 448 g/mol. The van der Waals surface area contributed by atoms with Gasteiger partial charge >= 0.3 is 6.09 Å². The zero-order chi connectivity index (χ0) is 21.8. The topological polar surface area (TPSA) is 121 Å². The molecule has 3 N–H and O–H groups in total. The summed E-state index contributed by atoms with van der Waals surface area (Å²) in [5, 5.41) is 6.50. The number of guanidine groups is 1. The van der Waals surface area contributed by atoms with Gasteiger partial charge in [0.2, 0.25) is 10.0 Å². The van der Waals surface area contributed by atoms with Crippen LogP contribution in [0, 0.1) is 0 Å². The van der Waals surface area contributed by atoms with Gasteiger partial charge in [-0.05, 0) is 46.0 Å². The molecule has 10 nitrogen and oxygen atoms in total. The quantitative estimate of drug-likeness (QED) is 0.350. The highest BCUT2D eigenvalue weighted by Crippen LogP contribution is 2.12. The fourth-order valence-electron chi connectivity index (χ4n) is 3.47. The molecule has 11 heteroatoms. The van der Waals surface area contributed by atoms with Crippen molar-refractivity contribution in [1.82, 2.24) is 20.3 Å². The molecule has 2 aliphatic rings. The molecule has 0 aromatic heterocycles. The number of carbonyl (C=O) groups excluding carboxylic acids is 1. The van der Waals surface area contributed by atoms with Crippen LogP contribution in [0.3, 0.4) is 0 Å². The average Bonchev–Trinajstić information content (AvgIpc) is 2.74. The second kappa shape index (κ2) is 13.0. The first-order valence-electron chi connectivity index (χ1n) is 11.0.